The molecule has 0 atom stereocenters. The van der Waals surface area contributed by atoms with Crippen molar-refractivity contribution in [3.8, 4) is 23.0 Å². The lowest BCUT2D eigenvalue weighted by molar-refractivity contribution is 0.354. The molecule has 1 aromatic heterocycles. The summed E-state index contributed by atoms with van der Waals surface area (Å²) in [5, 5.41) is 8.88. The molecule has 0 saturated heterocycles. The molecule has 0 fully saturated rings. The Morgan fingerprint density at radius 1 is 0.885 bits per heavy atom. The highest BCUT2D eigenvalue weighted by Crippen LogP contribution is 2.33. The van der Waals surface area contributed by atoms with Crippen molar-refractivity contribution in [1.82, 2.24) is 10.2 Å². The van der Waals surface area contributed by atoms with Gasteiger partial charge in [-0.3, -0.25) is 0 Å². The molecule has 0 amide bonds. The predicted molar refractivity (Wildman–Crippen MR) is 103 cm³/mol. The molecular formula is C20H22N2O3S. The molecule has 2 aromatic carbocycles. The van der Waals surface area contributed by atoms with E-state index in [4.69, 9.17) is 13.9 Å². The highest BCUT2D eigenvalue weighted by Gasteiger charge is 2.13. The second kappa shape index (κ2) is 7.83. The first-order chi connectivity index (χ1) is 12.5. The molecule has 0 aliphatic rings. The van der Waals surface area contributed by atoms with E-state index in [9.17, 15) is 0 Å². The van der Waals surface area contributed by atoms with Gasteiger partial charge in [-0.15, -0.1) is 10.2 Å². The Morgan fingerprint density at radius 3 is 2.31 bits per heavy atom. The van der Waals surface area contributed by atoms with E-state index in [2.05, 4.69) is 36.2 Å². The fraction of sp³-hybridized carbons (Fsp3) is 0.300. The van der Waals surface area contributed by atoms with Crippen LogP contribution in [-0.4, -0.2) is 24.4 Å². The lowest BCUT2D eigenvalue weighted by Gasteiger charge is -2.11. The molecule has 0 aliphatic carbocycles. The number of thioether (sulfide) groups is 1. The van der Waals surface area contributed by atoms with E-state index in [0.717, 1.165) is 28.2 Å². The van der Waals surface area contributed by atoms with Crippen molar-refractivity contribution in [2.45, 2.75) is 31.7 Å². The van der Waals surface area contributed by atoms with E-state index in [1.165, 1.54) is 22.9 Å². The Balaban J connectivity index is 1.75. The summed E-state index contributed by atoms with van der Waals surface area (Å²) >= 11 is 1.51. The third kappa shape index (κ3) is 3.85. The van der Waals surface area contributed by atoms with Gasteiger partial charge in [0, 0.05) is 11.3 Å². The van der Waals surface area contributed by atoms with E-state index in [1.54, 1.807) is 14.2 Å². The average molecular weight is 370 g/mol. The normalized spacial score (nSPS) is 10.8. The van der Waals surface area contributed by atoms with Crippen LogP contribution in [0, 0.1) is 20.8 Å². The molecule has 3 aromatic rings. The van der Waals surface area contributed by atoms with E-state index in [-0.39, 0.29) is 0 Å². The van der Waals surface area contributed by atoms with Crippen LogP contribution in [0.25, 0.3) is 11.5 Å². The third-order valence-corrected chi connectivity index (χ3v) is 5.22. The molecule has 0 N–H and O–H groups in total. The molecule has 1 heterocycles. The summed E-state index contributed by atoms with van der Waals surface area (Å²) in [7, 11) is 3.27. The number of methoxy groups -OCH3 is 2. The summed E-state index contributed by atoms with van der Waals surface area (Å²) in [6.45, 7) is 6.20. The number of ether oxygens (including phenoxy) is 2. The van der Waals surface area contributed by atoms with Gasteiger partial charge >= 0.3 is 0 Å². The number of nitrogens with zero attached hydrogens (tertiary/aromatic N) is 2. The monoisotopic (exact) mass is 370 g/mol. The zero-order valence-electron chi connectivity index (χ0n) is 15.6. The van der Waals surface area contributed by atoms with E-state index < -0.39 is 0 Å². The minimum atomic E-state index is 0.541. The first-order valence-electron chi connectivity index (χ1n) is 8.27. The summed E-state index contributed by atoms with van der Waals surface area (Å²) in [6, 6.07) is 10.1. The topological polar surface area (TPSA) is 57.4 Å². The number of benzene rings is 2. The number of hydrogen-bond donors (Lipinski definition) is 0. The van der Waals surface area contributed by atoms with E-state index in [1.807, 2.05) is 25.1 Å². The molecule has 136 valence electrons. The van der Waals surface area contributed by atoms with E-state index in [0.29, 0.717) is 16.9 Å². The summed E-state index contributed by atoms with van der Waals surface area (Å²) in [5.41, 5.74) is 5.65. The Kier molecular flexibility index (Phi) is 5.52. The van der Waals surface area contributed by atoms with Crippen molar-refractivity contribution >= 4 is 11.8 Å². The first-order valence-corrected chi connectivity index (χ1v) is 9.25. The van der Waals surface area contributed by atoms with Crippen LogP contribution >= 0.6 is 11.8 Å². The maximum Gasteiger partial charge on any atom is 0.277 e. The van der Waals surface area contributed by atoms with Gasteiger partial charge in [-0.05, 0) is 67.3 Å². The zero-order chi connectivity index (χ0) is 18.7. The van der Waals surface area contributed by atoms with Gasteiger partial charge in [-0.1, -0.05) is 17.8 Å². The Labute approximate surface area is 157 Å². The second-order valence-electron chi connectivity index (χ2n) is 6.09. The minimum Gasteiger partial charge on any atom is -0.493 e. The SMILES string of the molecule is COc1cc(C)c(CSc2nnc(-c3ccc(C)c(C)c3)o2)cc1OC. The molecular weight excluding hydrogens is 348 g/mol. The Bertz CT molecular complexity index is 921. The molecule has 0 radical (unpaired) electrons. The largest absolute Gasteiger partial charge is 0.493 e. The molecule has 0 saturated carbocycles. The summed E-state index contributed by atoms with van der Waals surface area (Å²) in [6.07, 6.45) is 0. The molecule has 26 heavy (non-hydrogen) atoms. The fourth-order valence-electron chi connectivity index (χ4n) is 2.58. The lowest BCUT2D eigenvalue weighted by atomic mass is 10.1. The maximum atomic E-state index is 5.81. The number of hydrogen-bond acceptors (Lipinski definition) is 6. The maximum absolute atomic E-state index is 5.81. The van der Waals surface area contributed by atoms with Crippen LogP contribution in [0.2, 0.25) is 0 Å². The van der Waals surface area contributed by atoms with E-state index >= 15 is 0 Å². The van der Waals surface area contributed by atoms with Crippen molar-refractivity contribution in [2.75, 3.05) is 14.2 Å². The quantitative estimate of drug-likeness (QED) is 0.571. The number of aromatic nitrogens is 2. The first kappa shape index (κ1) is 18.3. The van der Waals surface area contributed by atoms with Crippen molar-refractivity contribution < 1.29 is 13.9 Å². The highest BCUT2D eigenvalue weighted by atomic mass is 32.2. The van der Waals surface area contributed by atoms with Crippen LogP contribution in [0.1, 0.15) is 22.3 Å². The van der Waals surface area contributed by atoms with Crippen LogP contribution < -0.4 is 9.47 Å². The van der Waals surface area contributed by atoms with Gasteiger partial charge in [0.15, 0.2) is 11.5 Å². The van der Waals surface area contributed by atoms with Crippen molar-refractivity contribution in [3.63, 3.8) is 0 Å². The van der Waals surface area contributed by atoms with Crippen LogP contribution in [0.3, 0.4) is 0 Å². The second-order valence-corrected chi connectivity index (χ2v) is 7.02. The molecule has 5 nitrogen and oxygen atoms in total. The summed E-state index contributed by atoms with van der Waals surface area (Å²) in [5.74, 6) is 2.70. The standard InChI is InChI=1S/C20H22N2O3S/c1-12-6-7-15(8-13(12)2)19-21-22-20(25-19)26-11-16-10-18(24-5)17(23-4)9-14(16)3/h6-10H,11H2,1-5H3. The van der Waals surface area contributed by atoms with Gasteiger partial charge in [0.1, 0.15) is 0 Å². The fourth-order valence-corrected chi connectivity index (χ4v) is 3.40. The van der Waals surface area contributed by atoms with Crippen LogP contribution in [0.15, 0.2) is 40.0 Å². The van der Waals surface area contributed by atoms with Crippen LogP contribution in [-0.2, 0) is 5.75 Å². The zero-order valence-corrected chi connectivity index (χ0v) is 16.4. The minimum absolute atomic E-state index is 0.541. The Morgan fingerprint density at radius 2 is 1.62 bits per heavy atom. The molecule has 6 heteroatoms. The molecule has 3 rings (SSSR count). The van der Waals surface area contributed by atoms with Crippen molar-refractivity contribution in [1.29, 1.82) is 0 Å². The lowest BCUT2D eigenvalue weighted by Crippen LogP contribution is -1.95. The van der Waals surface area contributed by atoms with Gasteiger partial charge in [0.25, 0.3) is 5.22 Å². The summed E-state index contributed by atoms with van der Waals surface area (Å²) < 4.78 is 16.5. The van der Waals surface area contributed by atoms with Gasteiger partial charge < -0.3 is 13.9 Å². The summed E-state index contributed by atoms with van der Waals surface area (Å²) in [4.78, 5) is 0. The molecule has 0 bridgehead atoms. The van der Waals surface area contributed by atoms with Gasteiger partial charge in [-0.2, -0.15) is 0 Å². The van der Waals surface area contributed by atoms with Gasteiger partial charge in [0.05, 0.1) is 14.2 Å². The molecule has 0 spiro atoms. The smallest absolute Gasteiger partial charge is 0.277 e. The van der Waals surface area contributed by atoms with Gasteiger partial charge in [-0.25, -0.2) is 0 Å². The van der Waals surface area contributed by atoms with Crippen LogP contribution in [0.4, 0.5) is 0 Å². The van der Waals surface area contributed by atoms with Gasteiger partial charge in [0.2, 0.25) is 5.89 Å². The average Bonchev–Trinajstić information content (AvgIpc) is 3.11. The molecule has 0 aliphatic heterocycles. The van der Waals surface area contributed by atoms with Crippen LogP contribution in [0.5, 0.6) is 11.5 Å². The van der Waals surface area contributed by atoms with Crippen molar-refractivity contribution in [3.05, 3.63) is 52.6 Å². The van der Waals surface area contributed by atoms with Crippen molar-refractivity contribution in [2.24, 2.45) is 0 Å². The molecule has 0 unspecified atom stereocenters. The third-order valence-electron chi connectivity index (χ3n) is 4.35. The Hall–Kier alpha value is -2.47. The highest BCUT2D eigenvalue weighted by molar-refractivity contribution is 7.98. The predicted octanol–water partition coefficient (Wildman–Crippen LogP) is 4.97. The number of aryl methyl sites for hydroxylation is 3. The number of rotatable bonds is 6.